The second-order valence-corrected chi connectivity index (χ2v) is 5.92. The van der Waals surface area contributed by atoms with Gasteiger partial charge < -0.3 is 24.7 Å². The minimum absolute atomic E-state index is 0.0649. The molecule has 3 heterocycles. The van der Waals surface area contributed by atoms with Gasteiger partial charge in [-0.2, -0.15) is 4.98 Å². The van der Waals surface area contributed by atoms with E-state index in [0.29, 0.717) is 0 Å². The Morgan fingerprint density at radius 2 is 2.07 bits per heavy atom. The molecular weight excluding hydrogens is 362 g/mol. The summed E-state index contributed by atoms with van der Waals surface area (Å²) in [4.78, 5) is 45.1. The number of H-pyrrole nitrogens is 1. The number of nitrogens with two attached hydrogens (primary N) is 1. The lowest BCUT2D eigenvalue weighted by molar-refractivity contribution is -0.157. The number of carbonyl (C=O) groups excluding carboxylic acids is 2. The average molecular weight is 381 g/mol. The number of ether oxygens (including phenoxy) is 4. The summed E-state index contributed by atoms with van der Waals surface area (Å²) in [6.45, 7) is 2.35. The molecule has 1 saturated heterocycles. The van der Waals surface area contributed by atoms with Crippen molar-refractivity contribution in [3.63, 3.8) is 0 Å². The predicted molar refractivity (Wildman–Crippen MR) is 89.5 cm³/mol. The molecular formula is C15H19N5O7. The van der Waals surface area contributed by atoms with E-state index in [1.165, 1.54) is 31.9 Å². The van der Waals surface area contributed by atoms with Crippen LogP contribution in [-0.2, 0) is 28.5 Å². The Morgan fingerprint density at radius 3 is 2.70 bits per heavy atom. The summed E-state index contributed by atoms with van der Waals surface area (Å²) in [5, 5.41) is 0. The Bertz CT molecular complexity index is 923. The van der Waals surface area contributed by atoms with E-state index in [9.17, 15) is 14.4 Å². The summed E-state index contributed by atoms with van der Waals surface area (Å²) in [5.74, 6) is -1.14. The van der Waals surface area contributed by atoms with Gasteiger partial charge >= 0.3 is 11.9 Å². The molecule has 0 bridgehead atoms. The smallest absolute Gasteiger partial charge is 0.303 e. The standard InChI is InChI=1S/C15H19N5O7/c1-6(21)25-4-8-10(26-7(2)22)11(24-3)14(27-8)20-5-17-9-12(20)18-15(16)19-13(9)23/h5,8,10-11,14H,4H2,1-3H3,(H3,16,18,19,23)/t8-,10?,11?,14-/m1/s1. The number of aromatic nitrogens is 4. The Kier molecular flexibility index (Phi) is 5.10. The molecule has 2 unspecified atom stereocenters. The number of fused-ring (bicyclic) bond motifs is 1. The van der Waals surface area contributed by atoms with Crippen molar-refractivity contribution in [2.24, 2.45) is 0 Å². The maximum absolute atomic E-state index is 12.0. The molecule has 0 amide bonds. The van der Waals surface area contributed by atoms with Crippen LogP contribution in [0.2, 0.25) is 0 Å². The SMILES string of the molecule is COC1C(OC(C)=O)[C@@H](COC(C)=O)O[C@H]1n1cnc2c(=O)[nH]c(N)nc21. The van der Waals surface area contributed by atoms with Gasteiger partial charge in [-0.15, -0.1) is 0 Å². The first-order valence-corrected chi connectivity index (χ1v) is 8.03. The summed E-state index contributed by atoms with van der Waals surface area (Å²) in [6, 6.07) is 0. The number of carbonyl (C=O) groups is 2. The van der Waals surface area contributed by atoms with Crippen molar-refractivity contribution in [3.05, 3.63) is 16.7 Å². The number of anilines is 1. The number of rotatable bonds is 5. The molecule has 0 radical (unpaired) electrons. The Morgan fingerprint density at radius 1 is 1.33 bits per heavy atom. The predicted octanol–water partition coefficient (Wildman–Crippen LogP) is -0.891. The number of imidazole rings is 1. The molecule has 0 aliphatic carbocycles. The number of hydrogen-bond donors (Lipinski definition) is 2. The molecule has 146 valence electrons. The van der Waals surface area contributed by atoms with Crippen molar-refractivity contribution in [1.82, 2.24) is 19.5 Å². The fraction of sp³-hybridized carbons (Fsp3) is 0.533. The Balaban J connectivity index is 2.00. The molecule has 3 rings (SSSR count). The third-order valence-electron chi connectivity index (χ3n) is 4.04. The van der Waals surface area contributed by atoms with Gasteiger partial charge in [-0.05, 0) is 0 Å². The topological polar surface area (TPSA) is 161 Å². The number of nitrogen functional groups attached to an aromatic ring is 1. The molecule has 0 aromatic carbocycles. The van der Waals surface area contributed by atoms with Gasteiger partial charge in [-0.25, -0.2) is 4.98 Å². The van der Waals surface area contributed by atoms with Crippen molar-refractivity contribution in [2.45, 2.75) is 38.4 Å². The summed E-state index contributed by atoms with van der Waals surface area (Å²) in [7, 11) is 1.42. The van der Waals surface area contributed by atoms with Crippen LogP contribution in [0.1, 0.15) is 20.1 Å². The van der Waals surface area contributed by atoms with Crippen LogP contribution in [0.15, 0.2) is 11.1 Å². The molecule has 2 aromatic rings. The van der Waals surface area contributed by atoms with E-state index in [1.807, 2.05) is 0 Å². The lowest BCUT2D eigenvalue weighted by Crippen LogP contribution is -2.39. The van der Waals surface area contributed by atoms with E-state index in [-0.39, 0.29) is 23.7 Å². The van der Waals surface area contributed by atoms with Crippen molar-refractivity contribution in [3.8, 4) is 0 Å². The Hall–Kier alpha value is -2.99. The minimum atomic E-state index is -0.853. The van der Waals surface area contributed by atoms with Gasteiger partial charge in [0, 0.05) is 21.0 Å². The number of methoxy groups -OCH3 is 1. The highest BCUT2D eigenvalue weighted by atomic mass is 16.6. The first-order valence-electron chi connectivity index (χ1n) is 8.03. The van der Waals surface area contributed by atoms with Crippen molar-refractivity contribution >= 4 is 29.1 Å². The number of aromatic amines is 1. The molecule has 12 heteroatoms. The lowest BCUT2D eigenvalue weighted by Gasteiger charge is -2.22. The van der Waals surface area contributed by atoms with Crippen LogP contribution >= 0.6 is 0 Å². The van der Waals surface area contributed by atoms with Gasteiger partial charge in [0.1, 0.15) is 18.8 Å². The second-order valence-electron chi connectivity index (χ2n) is 5.92. The average Bonchev–Trinajstić information content (AvgIpc) is 3.13. The van der Waals surface area contributed by atoms with Crippen LogP contribution < -0.4 is 11.3 Å². The second kappa shape index (κ2) is 7.32. The van der Waals surface area contributed by atoms with Gasteiger partial charge in [0.25, 0.3) is 5.56 Å². The van der Waals surface area contributed by atoms with Gasteiger partial charge in [-0.1, -0.05) is 0 Å². The fourth-order valence-electron chi connectivity index (χ4n) is 2.98. The van der Waals surface area contributed by atoms with Gasteiger partial charge in [0.05, 0.1) is 6.33 Å². The molecule has 2 aromatic heterocycles. The first kappa shape index (κ1) is 18.8. The maximum atomic E-state index is 12.0. The normalized spacial score (nSPS) is 24.9. The van der Waals surface area contributed by atoms with E-state index >= 15 is 0 Å². The van der Waals surface area contributed by atoms with Crippen LogP contribution in [0.3, 0.4) is 0 Å². The molecule has 1 aliphatic rings. The number of nitrogens with one attached hydrogen (secondary N) is 1. The summed E-state index contributed by atoms with van der Waals surface area (Å²) in [5.41, 5.74) is 5.35. The highest BCUT2D eigenvalue weighted by Crippen LogP contribution is 2.35. The van der Waals surface area contributed by atoms with Gasteiger partial charge in [-0.3, -0.25) is 23.9 Å². The highest BCUT2D eigenvalue weighted by Gasteiger charge is 2.49. The van der Waals surface area contributed by atoms with Crippen LogP contribution in [0, 0.1) is 0 Å². The lowest BCUT2D eigenvalue weighted by atomic mass is 10.1. The van der Waals surface area contributed by atoms with Gasteiger partial charge in [0.2, 0.25) is 5.95 Å². The third-order valence-corrected chi connectivity index (χ3v) is 4.04. The zero-order valence-corrected chi connectivity index (χ0v) is 14.9. The first-order chi connectivity index (χ1) is 12.8. The fourth-order valence-corrected chi connectivity index (χ4v) is 2.98. The van der Waals surface area contributed by atoms with Crippen LogP contribution in [0.5, 0.6) is 0 Å². The van der Waals surface area contributed by atoms with E-state index < -0.39 is 42.0 Å². The van der Waals surface area contributed by atoms with Crippen LogP contribution in [0.25, 0.3) is 11.2 Å². The molecule has 4 atom stereocenters. The van der Waals surface area contributed by atoms with Crippen molar-refractivity contribution in [2.75, 3.05) is 19.5 Å². The van der Waals surface area contributed by atoms with E-state index in [2.05, 4.69) is 15.0 Å². The van der Waals surface area contributed by atoms with Crippen LogP contribution in [-0.4, -0.2) is 63.5 Å². The molecule has 12 nitrogen and oxygen atoms in total. The van der Waals surface area contributed by atoms with Crippen molar-refractivity contribution in [1.29, 1.82) is 0 Å². The number of hydrogen-bond acceptors (Lipinski definition) is 10. The summed E-state index contributed by atoms with van der Waals surface area (Å²) >= 11 is 0. The molecule has 0 spiro atoms. The quantitative estimate of drug-likeness (QED) is 0.621. The molecule has 0 saturated carbocycles. The van der Waals surface area contributed by atoms with E-state index in [0.717, 1.165) is 0 Å². The molecule has 3 N–H and O–H groups in total. The zero-order chi connectivity index (χ0) is 19.7. The molecule has 27 heavy (non-hydrogen) atoms. The zero-order valence-electron chi connectivity index (χ0n) is 14.9. The molecule has 1 fully saturated rings. The van der Waals surface area contributed by atoms with E-state index in [4.69, 9.17) is 24.7 Å². The highest BCUT2D eigenvalue weighted by molar-refractivity contribution is 5.70. The molecule has 1 aliphatic heterocycles. The maximum Gasteiger partial charge on any atom is 0.303 e. The van der Waals surface area contributed by atoms with Crippen LogP contribution in [0.4, 0.5) is 5.95 Å². The van der Waals surface area contributed by atoms with Gasteiger partial charge in [0.15, 0.2) is 23.5 Å². The largest absolute Gasteiger partial charge is 0.463 e. The van der Waals surface area contributed by atoms with Crippen molar-refractivity contribution < 1.29 is 28.5 Å². The number of nitrogens with zero attached hydrogens (tertiary/aromatic N) is 3. The third kappa shape index (κ3) is 3.61. The minimum Gasteiger partial charge on any atom is -0.463 e. The summed E-state index contributed by atoms with van der Waals surface area (Å²) in [6.07, 6.45) is -1.91. The number of esters is 2. The van der Waals surface area contributed by atoms with E-state index in [1.54, 1.807) is 0 Å². The Labute approximate surface area is 152 Å². The summed E-state index contributed by atoms with van der Waals surface area (Å²) < 4.78 is 23.2. The monoisotopic (exact) mass is 381 g/mol.